The summed E-state index contributed by atoms with van der Waals surface area (Å²) in [5.74, 6) is -1.05. The summed E-state index contributed by atoms with van der Waals surface area (Å²) in [6, 6.07) is 19.7. The molecule has 8 nitrogen and oxygen atoms in total. The lowest BCUT2D eigenvalue weighted by Crippen LogP contribution is -2.43. The zero-order valence-corrected chi connectivity index (χ0v) is 20.4. The van der Waals surface area contributed by atoms with E-state index >= 15 is 0 Å². The van der Waals surface area contributed by atoms with Crippen LogP contribution in [0.15, 0.2) is 83.4 Å². The second kappa shape index (κ2) is 9.81. The summed E-state index contributed by atoms with van der Waals surface area (Å²) in [6.45, 7) is -0.664. The van der Waals surface area contributed by atoms with E-state index in [2.05, 4.69) is 5.32 Å². The average Bonchev–Trinajstić information content (AvgIpc) is 2.85. The van der Waals surface area contributed by atoms with Crippen LogP contribution in [0.5, 0.6) is 5.75 Å². The molecule has 1 amide bonds. The number of amides is 1. The van der Waals surface area contributed by atoms with Gasteiger partial charge in [-0.25, -0.2) is 17.5 Å². The molecule has 1 N–H and O–H groups in total. The van der Waals surface area contributed by atoms with Crippen molar-refractivity contribution in [2.24, 2.45) is 0 Å². The Labute approximate surface area is 207 Å². The van der Waals surface area contributed by atoms with Crippen molar-refractivity contribution in [2.45, 2.75) is 4.90 Å². The number of nitrogens with one attached hydrogen (secondary N) is 1. The first-order chi connectivity index (χ1) is 16.8. The Kier molecular flexibility index (Phi) is 6.81. The molecule has 1 aliphatic rings. The number of esters is 1. The minimum Gasteiger partial charge on any atom is -0.497 e. The van der Waals surface area contributed by atoms with Crippen molar-refractivity contribution in [1.82, 2.24) is 4.31 Å². The number of hydrogen-bond donors (Lipinski definition) is 1. The third-order valence-corrected chi connectivity index (χ3v) is 7.39. The van der Waals surface area contributed by atoms with E-state index in [0.717, 1.165) is 11.4 Å². The zero-order chi connectivity index (χ0) is 25.2. The van der Waals surface area contributed by atoms with E-state index in [4.69, 9.17) is 21.1 Å². The topological polar surface area (TPSA) is 102 Å². The molecule has 0 unspecified atom stereocenters. The Balaban J connectivity index is 1.87. The predicted molar refractivity (Wildman–Crippen MR) is 131 cm³/mol. The van der Waals surface area contributed by atoms with Gasteiger partial charge in [0.2, 0.25) is 5.91 Å². The molecule has 0 spiro atoms. The second-order valence-corrected chi connectivity index (χ2v) is 9.78. The van der Waals surface area contributed by atoms with Gasteiger partial charge in [-0.3, -0.25) is 4.79 Å². The van der Waals surface area contributed by atoms with Gasteiger partial charge < -0.3 is 14.8 Å². The van der Waals surface area contributed by atoms with E-state index in [0.29, 0.717) is 27.6 Å². The maximum absolute atomic E-state index is 13.7. The van der Waals surface area contributed by atoms with Gasteiger partial charge in [-0.2, -0.15) is 0 Å². The Morgan fingerprint density at radius 2 is 1.71 bits per heavy atom. The molecule has 1 heterocycles. The van der Waals surface area contributed by atoms with E-state index in [9.17, 15) is 18.0 Å². The molecule has 3 aromatic rings. The van der Waals surface area contributed by atoms with E-state index in [1.54, 1.807) is 54.6 Å². The largest absolute Gasteiger partial charge is 0.497 e. The molecule has 10 heteroatoms. The van der Waals surface area contributed by atoms with Crippen LogP contribution in [0.3, 0.4) is 0 Å². The number of hydrogen-bond acceptors (Lipinski definition) is 6. The zero-order valence-electron chi connectivity index (χ0n) is 18.8. The highest BCUT2D eigenvalue weighted by atomic mass is 35.5. The summed E-state index contributed by atoms with van der Waals surface area (Å²) in [6.07, 6.45) is 0. The van der Waals surface area contributed by atoms with Crippen LogP contribution < -0.4 is 10.1 Å². The van der Waals surface area contributed by atoms with Crippen LogP contribution in [-0.4, -0.2) is 45.4 Å². The van der Waals surface area contributed by atoms with Gasteiger partial charge in [-0.15, -0.1) is 0 Å². The number of fused-ring (bicyclic) bond motifs is 1. The van der Waals surface area contributed by atoms with Crippen LogP contribution in [0.2, 0.25) is 5.02 Å². The average molecular weight is 513 g/mol. The molecule has 0 radical (unpaired) electrons. The Bertz CT molecular complexity index is 1440. The number of anilines is 1. The van der Waals surface area contributed by atoms with E-state index < -0.39 is 28.4 Å². The summed E-state index contributed by atoms with van der Waals surface area (Å²) in [5, 5.41) is 2.94. The number of benzene rings is 3. The normalized spacial score (nSPS) is 14.2. The van der Waals surface area contributed by atoms with Crippen LogP contribution in [-0.2, 0) is 24.3 Å². The summed E-state index contributed by atoms with van der Waals surface area (Å²) in [7, 11) is -1.68. The van der Waals surface area contributed by atoms with Crippen LogP contribution >= 0.6 is 11.6 Å². The molecule has 3 aromatic carbocycles. The molecule has 0 saturated carbocycles. The summed E-state index contributed by atoms with van der Waals surface area (Å²) in [4.78, 5) is 25.9. The number of carbonyl (C=O) groups is 2. The molecular formula is C25H21ClN2O6S. The first kappa shape index (κ1) is 24.3. The molecule has 0 fully saturated rings. The van der Waals surface area contributed by atoms with E-state index in [1.807, 2.05) is 0 Å². The van der Waals surface area contributed by atoms with E-state index in [1.165, 1.54) is 25.3 Å². The number of methoxy groups -OCH3 is 2. The van der Waals surface area contributed by atoms with Crippen LogP contribution in [0, 0.1) is 0 Å². The van der Waals surface area contributed by atoms with Gasteiger partial charge in [0.05, 0.1) is 19.1 Å². The lowest BCUT2D eigenvalue weighted by atomic mass is 9.95. The van der Waals surface area contributed by atoms with Gasteiger partial charge in [-0.1, -0.05) is 48.0 Å². The predicted octanol–water partition coefficient (Wildman–Crippen LogP) is 3.92. The van der Waals surface area contributed by atoms with Crippen molar-refractivity contribution >= 4 is 44.8 Å². The van der Waals surface area contributed by atoms with Gasteiger partial charge in [0.25, 0.3) is 10.0 Å². The van der Waals surface area contributed by atoms with Gasteiger partial charge in [0.15, 0.2) is 0 Å². The van der Waals surface area contributed by atoms with Crippen molar-refractivity contribution in [3.8, 4) is 5.75 Å². The molecule has 1 aliphatic heterocycles. The summed E-state index contributed by atoms with van der Waals surface area (Å²) in [5.41, 5.74) is 1.22. The molecule has 35 heavy (non-hydrogen) atoms. The van der Waals surface area contributed by atoms with Crippen molar-refractivity contribution in [2.75, 3.05) is 26.1 Å². The first-order valence-electron chi connectivity index (χ1n) is 10.4. The maximum atomic E-state index is 13.7. The summed E-state index contributed by atoms with van der Waals surface area (Å²) >= 11 is 6.20. The van der Waals surface area contributed by atoms with Gasteiger partial charge in [0, 0.05) is 27.9 Å². The molecular weight excluding hydrogens is 492 g/mol. The van der Waals surface area contributed by atoms with Crippen LogP contribution in [0.25, 0.3) is 5.57 Å². The fraction of sp³-hybridized carbons (Fsp3) is 0.120. The van der Waals surface area contributed by atoms with E-state index in [-0.39, 0.29) is 16.2 Å². The van der Waals surface area contributed by atoms with Crippen molar-refractivity contribution < 1.29 is 27.5 Å². The standard InChI is InChI=1S/C25H21ClN2O6S/c1-33-19-10-6-9-18(14-19)27-22(29)15-28-24(25(30)34-2)23(16-7-4-3-5-8-16)20-13-17(26)11-12-21(20)35(28,31)32/h3-14H,15H2,1-2H3,(H,27,29). The minimum atomic E-state index is -4.31. The Hall–Kier alpha value is -3.82. The highest BCUT2D eigenvalue weighted by Gasteiger charge is 2.41. The quantitative estimate of drug-likeness (QED) is 0.502. The van der Waals surface area contributed by atoms with Crippen LogP contribution in [0.1, 0.15) is 11.1 Å². The molecule has 4 rings (SSSR count). The number of nitrogens with zero attached hydrogens (tertiary/aromatic N) is 1. The second-order valence-electron chi connectivity index (χ2n) is 7.51. The number of halogens is 1. The Morgan fingerprint density at radius 3 is 2.40 bits per heavy atom. The lowest BCUT2D eigenvalue weighted by molar-refractivity contribution is -0.137. The molecule has 0 aliphatic carbocycles. The molecule has 0 atom stereocenters. The SMILES string of the molecule is COC(=O)C1=C(c2ccccc2)c2cc(Cl)ccc2S(=O)(=O)N1CC(=O)Nc1cccc(OC)c1. The fourth-order valence-electron chi connectivity index (χ4n) is 3.81. The number of rotatable bonds is 6. The molecule has 0 saturated heterocycles. The lowest BCUT2D eigenvalue weighted by Gasteiger charge is -2.32. The number of ether oxygens (including phenoxy) is 2. The smallest absolute Gasteiger partial charge is 0.356 e. The maximum Gasteiger partial charge on any atom is 0.356 e. The number of carbonyl (C=O) groups excluding carboxylic acids is 2. The highest BCUT2D eigenvalue weighted by Crippen LogP contribution is 2.41. The number of sulfonamides is 1. The van der Waals surface area contributed by atoms with Gasteiger partial charge in [0.1, 0.15) is 18.0 Å². The van der Waals surface area contributed by atoms with Gasteiger partial charge in [-0.05, 0) is 35.9 Å². The van der Waals surface area contributed by atoms with Crippen molar-refractivity contribution in [3.05, 3.63) is 94.6 Å². The Morgan fingerprint density at radius 1 is 0.971 bits per heavy atom. The van der Waals surface area contributed by atoms with Gasteiger partial charge >= 0.3 is 5.97 Å². The van der Waals surface area contributed by atoms with Crippen molar-refractivity contribution in [1.29, 1.82) is 0 Å². The highest BCUT2D eigenvalue weighted by molar-refractivity contribution is 7.89. The fourth-order valence-corrected chi connectivity index (χ4v) is 5.59. The third-order valence-electron chi connectivity index (χ3n) is 5.35. The summed E-state index contributed by atoms with van der Waals surface area (Å²) < 4.78 is 38.2. The molecule has 180 valence electrons. The minimum absolute atomic E-state index is 0.0809. The molecule has 0 aromatic heterocycles. The first-order valence-corrected chi connectivity index (χ1v) is 12.2. The third kappa shape index (κ3) is 4.73. The monoisotopic (exact) mass is 512 g/mol. The van der Waals surface area contributed by atoms with Crippen LogP contribution in [0.4, 0.5) is 5.69 Å². The molecule has 0 bridgehead atoms. The van der Waals surface area contributed by atoms with Crippen molar-refractivity contribution in [3.63, 3.8) is 0 Å².